The molecule has 1 aliphatic rings. The maximum absolute atomic E-state index is 11.5. The van der Waals surface area contributed by atoms with E-state index in [1.807, 2.05) is 11.9 Å². The van der Waals surface area contributed by atoms with Gasteiger partial charge in [-0.15, -0.1) is 11.3 Å². The standard InChI is InChI=1S/C14H22N2OS/c1-10(2)14(12-5-4-8-18-12)15-11-6-7-13(17)16(3)9-11/h4-5,8,10-11,14-15H,6-7,9H2,1-3H3. The number of amides is 1. The molecule has 18 heavy (non-hydrogen) atoms. The monoisotopic (exact) mass is 266 g/mol. The average molecular weight is 266 g/mol. The van der Waals surface area contributed by atoms with Crippen LogP contribution in [-0.2, 0) is 4.79 Å². The second kappa shape index (κ2) is 5.85. The lowest BCUT2D eigenvalue weighted by molar-refractivity contribution is -0.132. The fraction of sp³-hybridized carbons (Fsp3) is 0.643. The molecule has 0 saturated carbocycles. The largest absolute Gasteiger partial charge is 0.344 e. The molecule has 2 rings (SSSR count). The summed E-state index contributed by atoms with van der Waals surface area (Å²) >= 11 is 1.81. The predicted octanol–water partition coefficient (Wildman–Crippen LogP) is 2.66. The second-order valence-corrected chi connectivity index (χ2v) is 6.39. The molecule has 100 valence electrons. The maximum Gasteiger partial charge on any atom is 0.222 e. The molecule has 4 heteroatoms. The van der Waals surface area contributed by atoms with Crippen molar-refractivity contribution in [3.63, 3.8) is 0 Å². The van der Waals surface area contributed by atoms with Crippen LogP contribution in [0.15, 0.2) is 17.5 Å². The SMILES string of the molecule is CC(C)C(NC1CCC(=O)N(C)C1)c1cccs1. The quantitative estimate of drug-likeness (QED) is 0.908. The Balaban J connectivity index is 2.00. The first kappa shape index (κ1) is 13.6. The Hall–Kier alpha value is -0.870. The second-order valence-electron chi connectivity index (χ2n) is 5.41. The Morgan fingerprint density at radius 2 is 2.28 bits per heavy atom. The molecule has 0 aromatic carbocycles. The van der Waals surface area contributed by atoms with E-state index < -0.39 is 0 Å². The van der Waals surface area contributed by atoms with Gasteiger partial charge in [0.05, 0.1) is 0 Å². The van der Waals surface area contributed by atoms with Gasteiger partial charge in [0.1, 0.15) is 0 Å². The highest BCUT2D eigenvalue weighted by atomic mass is 32.1. The normalized spacial score (nSPS) is 22.6. The number of carbonyl (C=O) groups is 1. The van der Waals surface area contributed by atoms with E-state index in [9.17, 15) is 4.79 Å². The lowest BCUT2D eigenvalue weighted by atomic mass is 9.98. The van der Waals surface area contributed by atoms with Crippen LogP contribution in [0, 0.1) is 5.92 Å². The van der Waals surface area contributed by atoms with Crippen molar-refractivity contribution in [1.82, 2.24) is 10.2 Å². The van der Waals surface area contributed by atoms with Crippen molar-refractivity contribution in [2.45, 2.75) is 38.8 Å². The van der Waals surface area contributed by atoms with E-state index in [1.54, 1.807) is 11.3 Å². The fourth-order valence-electron chi connectivity index (χ4n) is 2.47. The van der Waals surface area contributed by atoms with Crippen LogP contribution in [0.25, 0.3) is 0 Å². The van der Waals surface area contributed by atoms with Gasteiger partial charge in [-0.1, -0.05) is 19.9 Å². The van der Waals surface area contributed by atoms with Crippen LogP contribution < -0.4 is 5.32 Å². The number of carbonyl (C=O) groups excluding carboxylic acids is 1. The highest BCUT2D eigenvalue weighted by molar-refractivity contribution is 7.10. The average Bonchev–Trinajstić information content (AvgIpc) is 2.83. The minimum absolute atomic E-state index is 0.269. The smallest absolute Gasteiger partial charge is 0.222 e. The van der Waals surface area contributed by atoms with E-state index in [2.05, 4.69) is 36.7 Å². The molecule has 2 heterocycles. The van der Waals surface area contributed by atoms with Crippen LogP contribution >= 0.6 is 11.3 Å². The van der Waals surface area contributed by atoms with Gasteiger partial charge in [0.2, 0.25) is 5.91 Å². The van der Waals surface area contributed by atoms with Crippen molar-refractivity contribution in [3.05, 3.63) is 22.4 Å². The summed E-state index contributed by atoms with van der Waals surface area (Å²) in [7, 11) is 1.89. The highest BCUT2D eigenvalue weighted by Crippen LogP contribution is 2.27. The summed E-state index contributed by atoms with van der Waals surface area (Å²) in [5, 5.41) is 5.85. The van der Waals surface area contributed by atoms with Crippen molar-refractivity contribution >= 4 is 17.2 Å². The van der Waals surface area contributed by atoms with Crippen molar-refractivity contribution in [2.75, 3.05) is 13.6 Å². The molecule has 0 radical (unpaired) electrons. The van der Waals surface area contributed by atoms with Gasteiger partial charge in [0.15, 0.2) is 0 Å². The number of likely N-dealkylation sites (N-methyl/N-ethyl adjacent to an activating group) is 1. The van der Waals surface area contributed by atoms with Gasteiger partial charge < -0.3 is 10.2 Å². The zero-order valence-corrected chi connectivity index (χ0v) is 12.2. The van der Waals surface area contributed by atoms with Crippen LogP contribution in [0.5, 0.6) is 0 Å². The first-order chi connectivity index (χ1) is 8.58. The van der Waals surface area contributed by atoms with E-state index in [0.29, 0.717) is 24.4 Å². The molecule has 0 spiro atoms. The summed E-state index contributed by atoms with van der Waals surface area (Å²) < 4.78 is 0. The molecular weight excluding hydrogens is 244 g/mol. The molecular formula is C14H22N2OS. The molecule has 1 amide bonds. The molecule has 1 N–H and O–H groups in total. The van der Waals surface area contributed by atoms with Crippen molar-refractivity contribution in [2.24, 2.45) is 5.92 Å². The van der Waals surface area contributed by atoms with Crippen LogP contribution in [-0.4, -0.2) is 30.4 Å². The summed E-state index contributed by atoms with van der Waals surface area (Å²) in [5.41, 5.74) is 0. The molecule has 1 saturated heterocycles. The molecule has 2 atom stereocenters. The zero-order valence-electron chi connectivity index (χ0n) is 11.3. The third kappa shape index (κ3) is 3.12. The Labute approximate surface area is 113 Å². The van der Waals surface area contributed by atoms with Gasteiger partial charge in [-0.2, -0.15) is 0 Å². The minimum atomic E-state index is 0.269. The summed E-state index contributed by atoms with van der Waals surface area (Å²) in [6.07, 6.45) is 1.63. The Bertz CT molecular complexity index is 389. The number of rotatable bonds is 4. The van der Waals surface area contributed by atoms with Crippen molar-refractivity contribution in [3.8, 4) is 0 Å². The van der Waals surface area contributed by atoms with Gasteiger partial charge in [-0.05, 0) is 23.8 Å². The first-order valence-electron chi connectivity index (χ1n) is 6.61. The van der Waals surface area contributed by atoms with Gasteiger partial charge in [0.25, 0.3) is 0 Å². The van der Waals surface area contributed by atoms with Gasteiger partial charge >= 0.3 is 0 Å². The van der Waals surface area contributed by atoms with E-state index in [-0.39, 0.29) is 5.91 Å². The molecule has 0 aliphatic carbocycles. The number of piperidine rings is 1. The Morgan fingerprint density at radius 3 is 2.83 bits per heavy atom. The third-order valence-corrected chi connectivity index (χ3v) is 4.51. The molecule has 1 aromatic rings. The van der Waals surface area contributed by atoms with Gasteiger partial charge in [-0.25, -0.2) is 0 Å². The van der Waals surface area contributed by atoms with Crippen LogP contribution in [0.2, 0.25) is 0 Å². The number of thiophene rings is 1. The number of nitrogens with one attached hydrogen (secondary N) is 1. The maximum atomic E-state index is 11.5. The van der Waals surface area contributed by atoms with Gasteiger partial charge in [-0.3, -0.25) is 4.79 Å². The first-order valence-corrected chi connectivity index (χ1v) is 7.49. The Morgan fingerprint density at radius 1 is 1.50 bits per heavy atom. The third-order valence-electron chi connectivity index (χ3n) is 3.56. The van der Waals surface area contributed by atoms with Crippen molar-refractivity contribution in [1.29, 1.82) is 0 Å². The van der Waals surface area contributed by atoms with E-state index >= 15 is 0 Å². The molecule has 1 fully saturated rings. The van der Waals surface area contributed by atoms with E-state index in [4.69, 9.17) is 0 Å². The van der Waals surface area contributed by atoms with E-state index in [1.165, 1.54) is 4.88 Å². The molecule has 0 bridgehead atoms. The topological polar surface area (TPSA) is 32.3 Å². The molecule has 3 nitrogen and oxygen atoms in total. The lowest BCUT2D eigenvalue weighted by Gasteiger charge is -2.34. The zero-order chi connectivity index (χ0) is 13.1. The van der Waals surface area contributed by atoms with Crippen LogP contribution in [0.3, 0.4) is 0 Å². The lowest BCUT2D eigenvalue weighted by Crippen LogP contribution is -2.48. The molecule has 2 unspecified atom stereocenters. The summed E-state index contributed by atoms with van der Waals surface area (Å²) in [6.45, 7) is 5.32. The molecule has 1 aromatic heterocycles. The number of likely N-dealkylation sites (tertiary alicyclic amines) is 1. The fourth-order valence-corrected chi connectivity index (χ4v) is 3.43. The number of nitrogens with zero attached hydrogens (tertiary/aromatic N) is 1. The highest BCUT2D eigenvalue weighted by Gasteiger charge is 2.26. The predicted molar refractivity (Wildman–Crippen MR) is 75.7 cm³/mol. The number of hydrogen-bond donors (Lipinski definition) is 1. The number of hydrogen-bond acceptors (Lipinski definition) is 3. The summed E-state index contributed by atoms with van der Waals surface area (Å²) in [4.78, 5) is 14.7. The van der Waals surface area contributed by atoms with Crippen molar-refractivity contribution < 1.29 is 4.79 Å². The Kier molecular flexibility index (Phi) is 4.40. The van der Waals surface area contributed by atoms with Crippen LogP contribution in [0.4, 0.5) is 0 Å². The van der Waals surface area contributed by atoms with Crippen LogP contribution in [0.1, 0.15) is 37.6 Å². The van der Waals surface area contributed by atoms with E-state index in [0.717, 1.165) is 13.0 Å². The summed E-state index contributed by atoms with van der Waals surface area (Å²) in [6, 6.07) is 5.12. The summed E-state index contributed by atoms with van der Waals surface area (Å²) in [5.74, 6) is 0.830. The minimum Gasteiger partial charge on any atom is -0.344 e. The van der Waals surface area contributed by atoms with Gasteiger partial charge in [0, 0.05) is 37.0 Å². The molecule has 1 aliphatic heterocycles.